The lowest BCUT2D eigenvalue weighted by Gasteiger charge is -2.09. The van der Waals surface area contributed by atoms with Crippen LogP contribution < -0.4 is 10.6 Å². The SMILES string of the molecule is COCCCNC(=S)Nc1cnn(C)c1C. The Morgan fingerprint density at radius 3 is 2.94 bits per heavy atom. The molecule has 90 valence electrons. The van der Waals surface area contributed by atoms with Gasteiger partial charge >= 0.3 is 0 Å². The molecule has 16 heavy (non-hydrogen) atoms. The van der Waals surface area contributed by atoms with Crippen LogP contribution in [0.3, 0.4) is 0 Å². The van der Waals surface area contributed by atoms with E-state index in [1.807, 2.05) is 14.0 Å². The molecule has 0 saturated heterocycles. The maximum absolute atomic E-state index is 5.15. The number of thiocarbonyl (C=S) groups is 1. The maximum Gasteiger partial charge on any atom is 0.170 e. The van der Waals surface area contributed by atoms with Gasteiger partial charge in [-0.05, 0) is 25.6 Å². The van der Waals surface area contributed by atoms with E-state index in [2.05, 4.69) is 15.7 Å². The van der Waals surface area contributed by atoms with Crippen molar-refractivity contribution in [2.75, 3.05) is 25.6 Å². The van der Waals surface area contributed by atoms with Crippen LogP contribution in [0.15, 0.2) is 6.20 Å². The number of hydrogen-bond acceptors (Lipinski definition) is 3. The quantitative estimate of drug-likeness (QED) is 0.597. The van der Waals surface area contributed by atoms with E-state index in [1.54, 1.807) is 18.0 Å². The molecular weight excluding hydrogens is 224 g/mol. The molecule has 0 aliphatic heterocycles. The zero-order valence-corrected chi connectivity index (χ0v) is 10.7. The Labute approximate surface area is 101 Å². The van der Waals surface area contributed by atoms with E-state index in [0.717, 1.165) is 31.0 Å². The monoisotopic (exact) mass is 242 g/mol. The molecule has 0 spiro atoms. The summed E-state index contributed by atoms with van der Waals surface area (Å²) in [5.41, 5.74) is 1.99. The molecule has 0 saturated carbocycles. The van der Waals surface area contributed by atoms with E-state index in [0.29, 0.717) is 5.11 Å². The van der Waals surface area contributed by atoms with Gasteiger partial charge in [0.05, 0.1) is 17.6 Å². The van der Waals surface area contributed by atoms with Gasteiger partial charge in [-0.15, -0.1) is 0 Å². The molecule has 5 nitrogen and oxygen atoms in total. The molecule has 6 heteroatoms. The molecule has 0 bridgehead atoms. The first-order chi connectivity index (χ1) is 7.65. The van der Waals surface area contributed by atoms with Crippen LogP contribution in [-0.2, 0) is 11.8 Å². The van der Waals surface area contributed by atoms with E-state index in [4.69, 9.17) is 17.0 Å². The van der Waals surface area contributed by atoms with E-state index in [-0.39, 0.29) is 0 Å². The fraction of sp³-hybridized carbons (Fsp3) is 0.600. The van der Waals surface area contributed by atoms with Crippen molar-refractivity contribution in [3.05, 3.63) is 11.9 Å². The minimum Gasteiger partial charge on any atom is -0.385 e. The number of aromatic nitrogens is 2. The van der Waals surface area contributed by atoms with Crippen molar-refractivity contribution in [1.82, 2.24) is 15.1 Å². The van der Waals surface area contributed by atoms with Gasteiger partial charge in [0, 0.05) is 27.3 Å². The van der Waals surface area contributed by atoms with E-state index >= 15 is 0 Å². The van der Waals surface area contributed by atoms with Crippen molar-refractivity contribution in [3.63, 3.8) is 0 Å². The first-order valence-electron chi connectivity index (χ1n) is 5.17. The van der Waals surface area contributed by atoms with Gasteiger partial charge in [-0.1, -0.05) is 0 Å². The van der Waals surface area contributed by atoms with Gasteiger partial charge in [0.2, 0.25) is 0 Å². The van der Waals surface area contributed by atoms with Crippen molar-refractivity contribution < 1.29 is 4.74 Å². The highest BCUT2D eigenvalue weighted by Gasteiger charge is 2.04. The topological polar surface area (TPSA) is 51.1 Å². The smallest absolute Gasteiger partial charge is 0.170 e. The average Bonchev–Trinajstić information content (AvgIpc) is 2.56. The molecule has 0 atom stereocenters. The van der Waals surface area contributed by atoms with Crippen LogP contribution in [-0.4, -0.2) is 35.2 Å². The lowest BCUT2D eigenvalue weighted by molar-refractivity contribution is 0.196. The number of nitrogens with zero attached hydrogens (tertiary/aromatic N) is 2. The summed E-state index contributed by atoms with van der Waals surface area (Å²) in [6.07, 6.45) is 2.70. The molecule has 0 aromatic carbocycles. The lowest BCUT2D eigenvalue weighted by atomic mass is 10.4. The molecule has 0 radical (unpaired) electrons. The molecule has 0 aliphatic rings. The summed E-state index contributed by atoms with van der Waals surface area (Å²) in [7, 11) is 3.59. The number of hydrogen-bond donors (Lipinski definition) is 2. The van der Waals surface area contributed by atoms with E-state index in [1.165, 1.54) is 0 Å². The molecule has 0 fully saturated rings. The van der Waals surface area contributed by atoms with Crippen LogP contribution >= 0.6 is 12.2 Å². The molecular formula is C10H18N4OS. The maximum atomic E-state index is 5.15. The number of rotatable bonds is 5. The van der Waals surface area contributed by atoms with Crippen LogP contribution in [0, 0.1) is 6.92 Å². The predicted octanol–water partition coefficient (Wildman–Crippen LogP) is 1.05. The number of aryl methyl sites for hydroxylation is 1. The van der Waals surface area contributed by atoms with Crippen LogP contribution in [0.2, 0.25) is 0 Å². The Balaban J connectivity index is 2.31. The third-order valence-corrected chi connectivity index (χ3v) is 2.54. The van der Waals surface area contributed by atoms with E-state index in [9.17, 15) is 0 Å². The summed E-state index contributed by atoms with van der Waals surface area (Å²) in [4.78, 5) is 0. The van der Waals surface area contributed by atoms with Gasteiger partial charge in [-0.2, -0.15) is 5.10 Å². The zero-order chi connectivity index (χ0) is 12.0. The molecule has 0 unspecified atom stereocenters. The van der Waals surface area contributed by atoms with Crippen molar-refractivity contribution in [3.8, 4) is 0 Å². The van der Waals surface area contributed by atoms with Gasteiger partial charge < -0.3 is 15.4 Å². The van der Waals surface area contributed by atoms with E-state index < -0.39 is 0 Å². The first kappa shape index (κ1) is 12.9. The van der Waals surface area contributed by atoms with Crippen molar-refractivity contribution >= 4 is 23.0 Å². The zero-order valence-electron chi connectivity index (χ0n) is 9.91. The highest BCUT2D eigenvalue weighted by atomic mass is 32.1. The van der Waals surface area contributed by atoms with Crippen LogP contribution in [0.1, 0.15) is 12.1 Å². The summed E-state index contributed by atoms with van der Waals surface area (Å²) in [5.74, 6) is 0. The largest absolute Gasteiger partial charge is 0.385 e. The lowest BCUT2D eigenvalue weighted by Crippen LogP contribution is -2.29. The molecule has 0 amide bonds. The third-order valence-electron chi connectivity index (χ3n) is 2.29. The Morgan fingerprint density at radius 1 is 1.62 bits per heavy atom. The summed E-state index contributed by atoms with van der Waals surface area (Å²) >= 11 is 5.15. The minimum absolute atomic E-state index is 0.618. The summed E-state index contributed by atoms with van der Waals surface area (Å²) in [6, 6.07) is 0. The summed E-state index contributed by atoms with van der Waals surface area (Å²) in [6.45, 7) is 3.53. The highest BCUT2D eigenvalue weighted by Crippen LogP contribution is 2.11. The predicted molar refractivity (Wildman–Crippen MR) is 68.7 cm³/mol. The normalized spacial score (nSPS) is 10.2. The minimum atomic E-state index is 0.618. The first-order valence-corrected chi connectivity index (χ1v) is 5.58. The molecule has 1 aromatic rings. The second-order valence-electron chi connectivity index (χ2n) is 3.49. The standard InChI is InChI=1S/C10H18N4OS/c1-8-9(7-12-14(8)2)13-10(16)11-5-4-6-15-3/h7H,4-6H2,1-3H3,(H2,11,13,16). The fourth-order valence-electron chi connectivity index (χ4n) is 1.21. The molecule has 0 aliphatic carbocycles. The number of nitrogens with one attached hydrogen (secondary N) is 2. The highest BCUT2D eigenvalue weighted by molar-refractivity contribution is 7.80. The molecule has 1 aromatic heterocycles. The van der Waals surface area contributed by atoms with Gasteiger partial charge in [0.25, 0.3) is 0 Å². The molecule has 1 rings (SSSR count). The van der Waals surface area contributed by atoms with Gasteiger partial charge in [0.1, 0.15) is 0 Å². The van der Waals surface area contributed by atoms with Crippen molar-refractivity contribution in [2.24, 2.45) is 7.05 Å². The summed E-state index contributed by atoms with van der Waals surface area (Å²) < 4.78 is 6.75. The van der Waals surface area contributed by atoms with Crippen molar-refractivity contribution in [1.29, 1.82) is 0 Å². The summed E-state index contributed by atoms with van der Waals surface area (Å²) in [5, 5.41) is 11.0. The molecule has 2 N–H and O–H groups in total. The number of methoxy groups -OCH3 is 1. The number of anilines is 1. The van der Waals surface area contributed by atoms with Gasteiger partial charge in [-0.25, -0.2) is 0 Å². The van der Waals surface area contributed by atoms with Crippen LogP contribution in [0.4, 0.5) is 5.69 Å². The third kappa shape index (κ3) is 3.79. The second-order valence-corrected chi connectivity index (χ2v) is 3.90. The Hall–Kier alpha value is -1.14. The van der Waals surface area contributed by atoms with Crippen LogP contribution in [0.25, 0.3) is 0 Å². The Bertz CT molecular complexity index is 351. The second kappa shape index (κ2) is 6.44. The van der Waals surface area contributed by atoms with Gasteiger partial charge in [0.15, 0.2) is 5.11 Å². The van der Waals surface area contributed by atoms with Crippen LogP contribution in [0.5, 0.6) is 0 Å². The number of ether oxygens (including phenoxy) is 1. The Morgan fingerprint density at radius 2 is 2.38 bits per heavy atom. The van der Waals surface area contributed by atoms with Crippen molar-refractivity contribution in [2.45, 2.75) is 13.3 Å². The molecule has 1 heterocycles. The average molecular weight is 242 g/mol. The Kier molecular flexibility index (Phi) is 5.21. The van der Waals surface area contributed by atoms with Gasteiger partial charge in [-0.3, -0.25) is 4.68 Å². The fourth-order valence-corrected chi connectivity index (χ4v) is 1.42.